The fourth-order valence-corrected chi connectivity index (χ4v) is 3.63. The van der Waals surface area contributed by atoms with E-state index in [2.05, 4.69) is 5.10 Å². The second kappa shape index (κ2) is 10.6. The summed E-state index contributed by atoms with van der Waals surface area (Å²) in [5, 5.41) is 31.2. The Bertz CT molecular complexity index is 1620. The first kappa shape index (κ1) is 33.0. The molecule has 221 valence electrons. The van der Waals surface area contributed by atoms with Gasteiger partial charge in [-0.3, -0.25) is 4.79 Å². The van der Waals surface area contributed by atoms with Crippen LogP contribution in [-0.4, -0.2) is 20.7 Å². The van der Waals surface area contributed by atoms with E-state index >= 15 is 0 Å². The van der Waals surface area contributed by atoms with Gasteiger partial charge in [-0.05, 0) is 19.1 Å². The van der Waals surface area contributed by atoms with Gasteiger partial charge in [0.25, 0.3) is 0 Å². The van der Waals surface area contributed by atoms with E-state index in [9.17, 15) is 62.6 Å². The van der Waals surface area contributed by atoms with Crippen molar-refractivity contribution < 1.29 is 79.7 Å². The van der Waals surface area contributed by atoms with E-state index in [1.807, 2.05) is 0 Å². The molecule has 0 saturated carbocycles. The molecular weight excluding hydrogens is 644 g/mol. The van der Waals surface area contributed by atoms with E-state index in [-0.39, 0.29) is 29.2 Å². The number of rotatable bonds is 3. The van der Waals surface area contributed by atoms with E-state index in [4.69, 9.17) is 10.5 Å². The summed E-state index contributed by atoms with van der Waals surface area (Å²) in [6.45, 7) is 0.711. The van der Waals surface area contributed by atoms with Gasteiger partial charge in [-0.15, -0.1) is 0 Å². The minimum absolute atomic E-state index is 0. The molecule has 0 unspecified atom stereocenters. The van der Waals surface area contributed by atoms with Crippen molar-refractivity contribution >= 4 is 5.78 Å². The van der Waals surface area contributed by atoms with Gasteiger partial charge in [-0.1, -0.05) is 0 Å². The first-order chi connectivity index (χ1) is 18.2. The minimum atomic E-state index is -5.82. The monoisotopic (exact) mass is 649 g/mol. The number of nitriles is 2. The number of halogens is 12. The van der Waals surface area contributed by atoms with Crippen LogP contribution in [0.2, 0.25) is 0 Å². The summed E-state index contributed by atoms with van der Waals surface area (Å²) in [7, 11) is 0. The number of benzene rings is 2. The van der Waals surface area contributed by atoms with Gasteiger partial charge in [0.05, 0.1) is 22.4 Å². The Hall–Kier alpha value is -4.22. The minimum Gasteiger partial charge on any atom is -0.493 e. The SMILES string of the molecule is Cc1nn(-c2c(F)c(F)c(C#N)c(C(F)(F)F)c2F)c(O)c1C(=O)c1cc(C(F)(F)F)c(C#N)c(C(F)(F)F)c1.[Cu]. The number of carbonyl (C=O) groups is 1. The van der Waals surface area contributed by atoms with Crippen LogP contribution in [0.15, 0.2) is 12.1 Å². The van der Waals surface area contributed by atoms with Gasteiger partial charge < -0.3 is 5.11 Å². The molecule has 0 bridgehead atoms. The Morgan fingerprint density at radius 2 is 1.29 bits per heavy atom. The van der Waals surface area contributed by atoms with Crippen molar-refractivity contribution in [2.45, 2.75) is 25.5 Å². The van der Waals surface area contributed by atoms with Crippen LogP contribution < -0.4 is 0 Å². The fourth-order valence-electron chi connectivity index (χ4n) is 3.63. The largest absolute Gasteiger partial charge is 0.493 e. The maximum Gasteiger partial charge on any atom is 0.420 e. The Kier molecular flexibility index (Phi) is 8.56. The number of aromatic hydroxyl groups is 1. The average molecular weight is 650 g/mol. The quantitative estimate of drug-likeness (QED) is 0.155. The molecule has 0 amide bonds. The average Bonchev–Trinajstić information content (AvgIpc) is 3.11. The van der Waals surface area contributed by atoms with Gasteiger partial charge in [0.1, 0.15) is 34.5 Å². The molecule has 1 aromatic heterocycles. The Balaban J connectivity index is 0.00000588. The van der Waals surface area contributed by atoms with Gasteiger partial charge in [0.2, 0.25) is 5.88 Å². The van der Waals surface area contributed by atoms with Crippen LogP contribution in [0.4, 0.5) is 52.7 Å². The second-order valence-electron chi connectivity index (χ2n) is 7.73. The molecule has 3 rings (SSSR count). The number of hydrogen-bond donors (Lipinski definition) is 1. The van der Waals surface area contributed by atoms with Gasteiger partial charge in [-0.25, -0.2) is 13.2 Å². The molecule has 6 nitrogen and oxygen atoms in total. The topological polar surface area (TPSA) is 103 Å². The molecule has 3 aromatic rings. The molecule has 0 aliphatic carbocycles. The summed E-state index contributed by atoms with van der Waals surface area (Å²) in [5.41, 5.74) is -16.9. The number of carbonyl (C=O) groups excluding carboxylic acids is 1. The Morgan fingerprint density at radius 3 is 1.68 bits per heavy atom. The summed E-state index contributed by atoms with van der Waals surface area (Å²) < 4.78 is 164. The van der Waals surface area contributed by atoms with E-state index in [0.717, 1.165) is 6.07 Å². The van der Waals surface area contributed by atoms with Crippen molar-refractivity contribution in [3.63, 3.8) is 0 Å². The molecule has 0 spiro atoms. The maximum atomic E-state index is 14.8. The van der Waals surface area contributed by atoms with Crippen LogP contribution in [0.3, 0.4) is 0 Å². The molecule has 1 radical (unpaired) electrons. The summed E-state index contributed by atoms with van der Waals surface area (Å²) in [6, 6.07) is 0.948. The molecule has 0 atom stereocenters. The molecule has 2 aromatic carbocycles. The molecule has 0 fully saturated rings. The number of alkyl halides is 9. The fraction of sp³-hybridized carbons (Fsp3) is 0.182. The van der Waals surface area contributed by atoms with Crippen LogP contribution in [0.25, 0.3) is 5.69 Å². The third kappa shape index (κ3) is 5.55. The zero-order valence-corrected chi connectivity index (χ0v) is 20.1. The molecule has 0 aliphatic rings. The van der Waals surface area contributed by atoms with Crippen LogP contribution in [0.1, 0.15) is 49.4 Å². The zero-order valence-electron chi connectivity index (χ0n) is 19.1. The predicted octanol–water partition coefficient (Wildman–Crippen LogP) is 6.33. The van der Waals surface area contributed by atoms with E-state index in [0.29, 0.717) is 13.0 Å². The molecule has 0 aliphatic heterocycles. The molecule has 41 heavy (non-hydrogen) atoms. The van der Waals surface area contributed by atoms with Crippen molar-refractivity contribution in [3.8, 4) is 23.7 Å². The summed E-state index contributed by atoms with van der Waals surface area (Å²) in [6.07, 6.45) is -17.1. The van der Waals surface area contributed by atoms with Gasteiger partial charge in [-0.2, -0.15) is 59.8 Å². The summed E-state index contributed by atoms with van der Waals surface area (Å²) >= 11 is 0. The van der Waals surface area contributed by atoms with Crippen molar-refractivity contribution in [1.29, 1.82) is 10.5 Å². The first-order valence-corrected chi connectivity index (χ1v) is 9.92. The van der Waals surface area contributed by atoms with Crippen molar-refractivity contribution in [2.75, 3.05) is 0 Å². The molecular formula is C22H6CuF12N4O2. The van der Waals surface area contributed by atoms with Crippen LogP contribution >= 0.6 is 0 Å². The van der Waals surface area contributed by atoms with Crippen molar-refractivity contribution in [1.82, 2.24) is 9.78 Å². The molecule has 19 heteroatoms. The van der Waals surface area contributed by atoms with Crippen LogP contribution in [0.5, 0.6) is 5.88 Å². The maximum absolute atomic E-state index is 14.8. The number of aromatic nitrogens is 2. The zero-order chi connectivity index (χ0) is 30.7. The van der Waals surface area contributed by atoms with Crippen LogP contribution in [0, 0.1) is 47.0 Å². The van der Waals surface area contributed by atoms with E-state index in [1.54, 1.807) is 0 Å². The number of hydrogen-bond acceptors (Lipinski definition) is 5. The Labute approximate surface area is 229 Å². The van der Waals surface area contributed by atoms with Gasteiger partial charge in [0, 0.05) is 22.6 Å². The first-order valence-electron chi connectivity index (χ1n) is 9.92. The van der Waals surface area contributed by atoms with Crippen molar-refractivity contribution in [2.24, 2.45) is 0 Å². The van der Waals surface area contributed by atoms with Gasteiger partial charge in [0.15, 0.2) is 23.2 Å². The Morgan fingerprint density at radius 1 is 0.829 bits per heavy atom. The van der Waals surface area contributed by atoms with E-state index < -0.39 is 103 Å². The molecule has 1 N–H and O–H groups in total. The number of aryl methyl sites for hydroxylation is 1. The third-order valence-electron chi connectivity index (χ3n) is 5.29. The second-order valence-corrected chi connectivity index (χ2v) is 7.73. The molecule has 1 heterocycles. The predicted molar refractivity (Wildman–Crippen MR) is 104 cm³/mol. The number of ketones is 1. The summed E-state index contributed by atoms with van der Waals surface area (Å²) in [5.74, 6) is -11.5. The third-order valence-corrected chi connectivity index (χ3v) is 5.29. The summed E-state index contributed by atoms with van der Waals surface area (Å²) in [4.78, 5) is 12.9. The van der Waals surface area contributed by atoms with E-state index in [1.165, 1.54) is 0 Å². The van der Waals surface area contributed by atoms with Gasteiger partial charge >= 0.3 is 18.5 Å². The smallest absolute Gasteiger partial charge is 0.420 e. The standard InChI is InChI=1S/C22H6F12N4O2.Cu/c1-6-12(18(39)7-2-10(20(26,27)28)8(4-35)11(3-7)21(29,30)31)19(40)38(37-6)17-15(24)13(22(32,33)34)9(5-36)14(23)16(17)25;/h2-3,40H,1H3;. The van der Waals surface area contributed by atoms with Crippen molar-refractivity contribution in [3.05, 3.63) is 74.2 Å². The number of nitrogens with zero attached hydrogens (tertiary/aromatic N) is 4. The normalized spacial score (nSPS) is 12.0. The van der Waals surface area contributed by atoms with Crippen LogP contribution in [-0.2, 0) is 35.6 Å². The molecule has 0 saturated heterocycles.